The molecule has 4 aromatic rings. The second kappa shape index (κ2) is 9.82. The third kappa shape index (κ3) is 5.18. The van der Waals surface area contributed by atoms with E-state index in [0.29, 0.717) is 34.3 Å². The van der Waals surface area contributed by atoms with Crippen molar-refractivity contribution in [2.24, 2.45) is 0 Å². The molecule has 0 unspecified atom stereocenters. The van der Waals surface area contributed by atoms with Crippen LogP contribution in [0.25, 0.3) is 11.0 Å². The molecule has 1 aromatic carbocycles. The molecule has 0 aliphatic carbocycles. The predicted molar refractivity (Wildman–Crippen MR) is 144 cm³/mol. The van der Waals surface area contributed by atoms with E-state index < -0.39 is 11.7 Å². The van der Waals surface area contributed by atoms with Gasteiger partial charge < -0.3 is 26.2 Å². The number of nitrogen functional groups attached to an aromatic ring is 1. The molecule has 0 bridgehead atoms. The molecule has 0 saturated carbocycles. The van der Waals surface area contributed by atoms with Crippen LogP contribution in [0.15, 0.2) is 30.6 Å². The Morgan fingerprint density at radius 1 is 1.08 bits per heavy atom. The van der Waals surface area contributed by atoms with E-state index in [4.69, 9.17) is 10.7 Å². The molecule has 1 saturated heterocycles. The predicted octanol–water partition coefficient (Wildman–Crippen LogP) is 2.91. The van der Waals surface area contributed by atoms with Gasteiger partial charge in [0.25, 0.3) is 5.91 Å². The molecule has 198 valence electrons. The number of nitrogens with zero attached hydrogens (tertiary/aromatic N) is 7. The van der Waals surface area contributed by atoms with E-state index >= 15 is 0 Å². The molecule has 0 spiro atoms. The Labute approximate surface area is 218 Å². The van der Waals surface area contributed by atoms with Gasteiger partial charge >= 0.3 is 0 Å². The van der Waals surface area contributed by atoms with Crippen molar-refractivity contribution < 1.29 is 9.18 Å². The summed E-state index contributed by atoms with van der Waals surface area (Å²) in [5, 5.41) is 12.8. The summed E-state index contributed by atoms with van der Waals surface area (Å²) in [4.78, 5) is 34.9. The summed E-state index contributed by atoms with van der Waals surface area (Å²) in [6.07, 6.45) is 1.35. The highest BCUT2D eigenvalue weighted by molar-refractivity contribution is 6.04. The molecule has 5 N–H and O–H groups in total. The van der Waals surface area contributed by atoms with Crippen molar-refractivity contribution in [2.75, 3.05) is 54.5 Å². The number of amides is 1. The maximum Gasteiger partial charge on any atom is 0.259 e. The van der Waals surface area contributed by atoms with E-state index in [1.54, 1.807) is 6.07 Å². The lowest BCUT2D eigenvalue weighted by atomic mass is 9.92. The molecule has 1 aliphatic rings. The fraction of sp³-hybridized carbons (Fsp3) is 0.360. The lowest BCUT2D eigenvalue weighted by molar-refractivity contribution is 0.102. The third-order valence-corrected chi connectivity index (χ3v) is 6.35. The van der Waals surface area contributed by atoms with Crippen molar-refractivity contribution in [1.82, 2.24) is 35.0 Å². The average Bonchev–Trinajstić information content (AvgIpc) is 3.35. The number of fused-ring (bicyclic) bond motifs is 1. The first-order valence-corrected chi connectivity index (χ1v) is 12.2. The van der Waals surface area contributed by atoms with Gasteiger partial charge in [0.15, 0.2) is 11.6 Å². The van der Waals surface area contributed by atoms with Crippen LogP contribution in [0.3, 0.4) is 0 Å². The summed E-state index contributed by atoms with van der Waals surface area (Å²) in [6.45, 7) is 9.32. The van der Waals surface area contributed by atoms with Gasteiger partial charge in [-0.3, -0.25) is 9.89 Å². The van der Waals surface area contributed by atoms with E-state index in [9.17, 15) is 9.18 Å². The van der Waals surface area contributed by atoms with Gasteiger partial charge in [-0.25, -0.2) is 19.3 Å². The largest absolute Gasteiger partial charge is 0.382 e. The molecule has 1 amide bonds. The molecule has 12 nitrogen and oxygen atoms in total. The number of piperazine rings is 1. The van der Waals surface area contributed by atoms with Crippen LogP contribution >= 0.6 is 0 Å². The van der Waals surface area contributed by atoms with Gasteiger partial charge in [0.1, 0.15) is 29.0 Å². The molecule has 1 aliphatic heterocycles. The molecule has 13 heteroatoms. The first-order chi connectivity index (χ1) is 18.1. The van der Waals surface area contributed by atoms with Crippen LogP contribution in [0.4, 0.5) is 33.5 Å². The highest BCUT2D eigenvalue weighted by Crippen LogP contribution is 2.28. The molecule has 3 aromatic heterocycles. The zero-order chi connectivity index (χ0) is 27.0. The van der Waals surface area contributed by atoms with Crippen LogP contribution in [0.2, 0.25) is 0 Å². The number of aromatic amines is 1. The number of halogens is 1. The van der Waals surface area contributed by atoms with Crippen molar-refractivity contribution >= 4 is 46.0 Å². The van der Waals surface area contributed by atoms with Crippen molar-refractivity contribution in [3.05, 3.63) is 47.7 Å². The number of hydrogen-bond acceptors (Lipinski definition) is 10. The quantitative estimate of drug-likeness (QED) is 0.309. The molecule has 0 radical (unpaired) electrons. The normalized spacial score (nSPS) is 14.6. The molecular formula is C25H30FN11O. The topological polar surface area (TPSA) is 154 Å². The minimum absolute atomic E-state index is 0.146. The summed E-state index contributed by atoms with van der Waals surface area (Å²) >= 11 is 0. The van der Waals surface area contributed by atoms with E-state index in [-0.39, 0.29) is 16.8 Å². The number of aromatic nitrogens is 6. The lowest BCUT2D eigenvalue weighted by Gasteiger charge is -2.32. The second-order valence-electron chi connectivity index (χ2n) is 10.3. The van der Waals surface area contributed by atoms with Gasteiger partial charge in [-0.1, -0.05) is 20.8 Å². The van der Waals surface area contributed by atoms with Crippen molar-refractivity contribution in [1.29, 1.82) is 0 Å². The average molecular weight is 520 g/mol. The Balaban J connectivity index is 1.41. The third-order valence-electron chi connectivity index (χ3n) is 6.35. The summed E-state index contributed by atoms with van der Waals surface area (Å²) < 4.78 is 14.7. The molecule has 38 heavy (non-hydrogen) atoms. The zero-order valence-electron chi connectivity index (χ0n) is 21.7. The number of carbonyl (C=O) groups is 1. The number of carbonyl (C=O) groups excluding carboxylic acids is 1. The van der Waals surface area contributed by atoms with Crippen LogP contribution in [-0.2, 0) is 5.41 Å². The first-order valence-electron chi connectivity index (χ1n) is 12.2. The number of anilines is 5. The lowest BCUT2D eigenvalue weighted by Crippen LogP contribution is -2.45. The number of hydrogen-bond donors (Lipinski definition) is 4. The number of nitrogens with one attached hydrogen (secondary N) is 3. The summed E-state index contributed by atoms with van der Waals surface area (Å²) in [6, 6.07) is 5.87. The van der Waals surface area contributed by atoms with E-state index in [1.807, 2.05) is 20.8 Å². The van der Waals surface area contributed by atoms with Crippen LogP contribution < -0.4 is 21.3 Å². The first kappa shape index (κ1) is 25.3. The van der Waals surface area contributed by atoms with Gasteiger partial charge in [-0.2, -0.15) is 10.1 Å². The molecular weight excluding hydrogens is 489 g/mol. The summed E-state index contributed by atoms with van der Waals surface area (Å²) in [5.41, 5.74) is 7.91. The van der Waals surface area contributed by atoms with Crippen LogP contribution in [0, 0.1) is 5.82 Å². The zero-order valence-corrected chi connectivity index (χ0v) is 21.7. The van der Waals surface area contributed by atoms with Gasteiger partial charge in [-0.05, 0) is 25.2 Å². The Kier molecular flexibility index (Phi) is 6.53. The smallest absolute Gasteiger partial charge is 0.259 e. The van der Waals surface area contributed by atoms with Crippen LogP contribution in [-0.4, -0.2) is 74.2 Å². The molecule has 5 rings (SSSR count). The van der Waals surface area contributed by atoms with Gasteiger partial charge in [0.2, 0.25) is 5.95 Å². The van der Waals surface area contributed by atoms with E-state index in [2.05, 4.69) is 52.6 Å². The van der Waals surface area contributed by atoms with Crippen LogP contribution in [0.1, 0.15) is 36.8 Å². The summed E-state index contributed by atoms with van der Waals surface area (Å²) in [5.74, 6) is 0.188. The van der Waals surface area contributed by atoms with Gasteiger partial charge in [-0.15, -0.1) is 0 Å². The van der Waals surface area contributed by atoms with Gasteiger partial charge in [0.05, 0.1) is 11.3 Å². The minimum Gasteiger partial charge on any atom is -0.382 e. The fourth-order valence-electron chi connectivity index (χ4n) is 4.07. The van der Waals surface area contributed by atoms with Crippen LogP contribution in [0.5, 0.6) is 0 Å². The number of nitrogens with two attached hydrogens (primary N) is 1. The highest BCUT2D eigenvalue weighted by Gasteiger charge is 2.21. The Bertz CT molecular complexity index is 1490. The van der Waals surface area contributed by atoms with Crippen molar-refractivity contribution in [2.45, 2.75) is 26.2 Å². The van der Waals surface area contributed by atoms with Gasteiger partial charge in [0, 0.05) is 43.3 Å². The highest BCUT2D eigenvalue weighted by atomic mass is 19.1. The number of benzene rings is 1. The molecule has 4 heterocycles. The monoisotopic (exact) mass is 519 g/mol. The fourth-order valence-corrected chi connectivity index (χ4v) is 4.07. The number of rotatable bonds is 5. The maximum atomic E-state index is 14.7. The molecule has 1 fully saturated rings. The van der Waals surface area contributed by atoms with E-state index in [0.717, 1.165) is 31.9 Å². The van der Waals surface area contributed by atoms with E-state index in [1.165, 1.54) is 24.5 Å². The Hall–Kier alpha value is -4.39. The summed E-state index contributed by atoms with van der Waals surface area (Å²) in [7, 11) is 2.07. The maximum absolute atomic E-state index is 14.7. The van der Waals surface area contributed by atoms with Crippen molar-refractivity contribution in [3.63, 3.8) is 0 Å². The molecule has 0 atom stereocenters. The SMILES string of the molecule is CN1CCN(c2nc(N)c3ncnc(Nc4ccc(F)c(C(=O)Nc5cc(C(C)(C)C)n[nH]5)c4)c3n2)CC1. The standard InChI is InChI=1S/C25H30FN11O/c1-25(2,3)17-12-18(35-34-17)31-23(38)15-11-14(5-6-16(15)26)30-22-20-19(28-13-29-22)21(27)33-24(32-20)37-9-7-36(4)8-10-37/h5-6,11-13H,7-10H2,1-4H3,(H2,27,32,33)(H,28,29,30)(H2,31,34,35,38). The van der Waals surface area contributed by atoms with Crippen molar-refractivity contribution in [3.8, 4) is 0 Å². The Morgan fingerprint density at radius 3 is 2.55 bits per heavy atom. The minimum atomic E-state index is -0.667. The second-order valence-corrected chi connectivity index (χ2v) is 10.3. The Morgan fingerprint density at radius 2 is 1.84 bits per heavy atom. The number of likely N-dealkylation sites (N-methyl/N-ethyl adjacent to an activating group) is 1. The number of H-pyrrole nitrogens is 1.